The SMILES string of the molecule is CCN1C(=O)C(C)(C)C(=O)N(C)c2cc(OCCCN(CCc3cccnc3)Cc3cncs3)ccc21.Cl.Cl. The lowest BCUT2D eigenvalue weighted by Gasteiger charge is -2.27. The summed E-state index contributed by atoms with van der Waals surface area (Å²) in [6.07, 6.45) is 7.43. The summed E-state index contributed by atoms with van der Waals surface area (Å²) in [7, 11) is 1.72. The van der Waals surface area contributed by atoms with E-state index in [1.807, 2.05) is 49.1 Å². The number of halogens is 2. The molecule has 2 aromatic heterocycles. The van der Waals surface area contributed by atoms with Crippen LogP contribution in [0.4, 0.5) is 11.4 Å². The Labute approximate surface area is 247 Å². The maximum atomic E-state index is 13.1. The van der Waals surface area contributed by atoms with Gasteiger partial charge in [0.25, 0.3) is 0 Å². The highest BCUT2D eigenvalue weighted by molar-refractivity contribution is 7.09. The second-order valence-corrected chi connectivity index (χ2v) is 10.7. The predicted molar refractivity (Wildman–Crippen MR) is 162 cm³/mol. The first-order valence-corrected chi connectivity index (χ1v) is 13.5. The highest BCUT2D eigenvalue weighted by atomic mass is 35.5. The molecule has 0 spiro atoms. The van der Waals surface area contributed by atoms with Crippen LogP contribution >= 0.6 is 36.2 Å². The van der Waals surface area contributed by atoms with Gasteiger partial charge in [-0.05, 0) is 57.4 Å². The first-order valence-electron chi connectivity index (χ1n) is 12.7. The van der Waals surface area contributed by atoms with E-state index in [2.05, 4.69) is 20.9 Å². The van der Waals surface area contributed by atoms with Crippen LogP contribution in [0, 0.1) is 5.41 Å². The molecule has 1 aliphatic heterocycles. The number of hydrogen-bond donors (Lipinski definition) is 0. The van der Waals surface area contributed by atoms with Crippen LogP contribution in [0.2, 0.25) is 0 Å². The molecular formula is C28H37Cl2N5O3S. The molecule has 212 valence electrons. The molecule has 0 unspecified atom stereocenters. The van der Waals surface area contributed by atoms with E-state index >= 15 is 0 Å². The summed E-state index contributed by atoms with van der Waals surface area (Å²) < 4.78 is 6.10. The second-order valence-electron chi connectivity index (χ2n) is 9.75. The van der Waals surface area contributed by atoms with E-state index in [0.717, 1.165) is 38.2 Å². The fourth-order valence-electron chi connectivity index (χ4n) is 4.59. The van der Waals surface area contributed by atoms with Crippen LogP contribution in [0.5, 0.6) is 5.75 Å². The maximum Gasteiger partial charge on any atom is 0.242 e. The molecule has 2 amide bonds. The summed E-state index contributed by atoms with van der Waals surface area (Å²) in [6.45, 7) is 8.99. The van der Waals surface area contributed by atoms with Gasteiger partial charge in [0.05, 0.1) is 23.5 Å². The van der Waals surface area contributed by atoms with Crippen LogP contribution in [-0.2, 0) is 22.6 Å². The number of amides is 2. The van der Waals surface area contributed by atoms with E-state index in [-0.39, 0.29) is 36.6 Å². The fraction of sp³-hybridized carbons (Fsp3) is 0.429. The molecular weight excluding hydrogens is 557 g/mol. The standard InChI is InChI=1S/C28H35N5O3S.2ClH/c1-5-33-24-10-9-22(16-25(24)31(4)26(34)28(2,3)27(33)35)36-15-7-13-32(19-23-18-30-20-37-23)14-11-21-8-6-12-29-17-21;;/h6,8-10,12,16-18,20H,5,7,11,13-15,19H2,1-4H3;2*1H. The average molecular weight is 595 g/mol. The summed E-state index contributed by atoms with van der Waals surface area (Å²) in [5.74, 6) is 0.275. The largest absolute Gasteiger partial charge is 0.493 e. The first kappa shape index (κ1) is 32.5. The Morgan fingerprint density at radius 2 is 1.82 bits per heavy atom. The molecule has 3 aromatic rings. The van der Waals surface area contributed by atoms with Crippen LogP contribution in [0.3, 0.4) is 0 Å². The van der Waals surface area contributed by atoms with Gasteiger partial charge in [0.2, 0.25) is 11.8 Å². The molecule has 0 radical (unpaired) electrons. The quantitative estimate of drug-likeness (QED) is 0.223. The number of rotatable bonds is 11. The van der Waals surface area contributed by atoms with Gasteiger partial charge in [-0.25, -0.2) is 0 Å². The number of benzene rings is 1. The van der Waals surface area contributed by atoms with E-state index in [1.54, 1.807) is 48.2 Å². The third-order valence-corrected chi connectivity index (χ3v) is 7.49. The molecule has 1 aromatic carbocycles. The van der Waals surface area contributed by atoms with Crippen LogP contribution in [0.15, 0.2) is 54.4 Å². The minimum atomic E-state index is -1.12. The number of carbonyl (C=O) groups is 2. The molecule has 0 saturated heterocycles. The van der Waals surface area contributed by atoms with Crippen molar-refractivity contribution in [2.24, 2.45) is 5.41 Å². The van der Waals surface area contributed by atoms with Crippen LogP contribution < -0.4 is 14.5 Å². The van der Waals surface area contributed by atoms with Crippen molar-refractivity contribution in [3.8, 4) is 5.75 Å². The summed E-state index contributed by atoms with van der Waals surface area (Å²) in [4.78, 5) is 41.5. The molecule has 0 saturated carbocycles. The number of thiazole rings is 1. The Bertz CT molecular complexity index is 1210. The number of pyridine rings is 1. The Kier molecular flexibility index (Phi) is 12.2. The number of nitrogens with zero attached hydrogens (tertiary/aromatic N) is 5. The molecule has 4 rings (SSSR count). The zero-order chi connectivity index (χ0) is 26.4. The molecule has 0 fully saturated rings. The van der Waals surface area contributed by atoms with E-state index in [9.17, 15) is 9.59 Å². The number of hydrogen-bond acceptors (Lipinski definition) is 7. The van der Waals surface area contributed by atoms with Gasteiger partial charge in [-0.3, -0.25) is 24.5 Å². The first-order chi connectivity index (χ1) is 17.8. The number of aromatic nitrogens is 2. The smallest absolute Gasteiger partial charge is 0.242 e. The maximum absolute atomic E-state index is 13.1. The molecule has 0 N–H and O–H groups in total. The normalized spacial score (nSPS) is 14.4. The average Bonchev–Trinajstić information content (AvgIpc) is 3.41. The highest BCUT2D eigenvalue weighted by Gasteiger charge is 2.45. The number of anilines is 2. The molecule has 8 nitrogen and oxygen atoms in total. The zero-order valence-corrected chi connectivity index (χ0v) is 25.3. The Balaban J connectivity index is 0.00000267. The minimum absolute atomic E-state index is 0. The molecule has 0 atom stereocenters. The monoisotopic (exact) mass is 593 g/mol. The van der Waals surface area contributed by atoms with Gasteiger partial charge in [0.1, 0.15) is 11.2 Å². The van der Waals surface area contributed by atoms with E-state index in [1.165, 1.54) is 10.4 Å². The van der Waals surface area contributed by atoms with Crippen molar-refractivity contribution in [1.29, 1.82) is 0 Å². The van der Waals surface area contributed by atoms with Crippen molar-refractivity contribution in [3.63, 3.8) is 0 Å². The lowest BCUT2D eigenvalue weighted by Crippen LogP contribution is -2.47. The molecule has 0 aliphatic carbocycles. The Morgan fingerprint density at radius 1 is 1.03 bits per heavy atom. The van der Waals surface area contributed by atoms with Crippen molar-refractivity contribution in [3.05, 3.63) is 64.9 Å². The van der Waals surface area contributed by atoms with Crippen molar-refractivity contribution < 1.29 is 14.3 Å². The predicted octanol–water partition coefficient (Wildman–Crippen LogP) is 5.25. The van der Waals surface area contributed by atoms with Gasteiger partial charge in [-0.15, -0.1) is 36.2 Å². The molecule has 3 heterocycles. The van der Waals surface area contributed by atoms with Crippen LogP contribution in [-0.4, -0.2) is 60.0 Å². The van der Waals surface area contributed by atoms with Crippen molar-refractivity contribution in [2.45, 2.75) is 40.2 Å². The molecule has 11 heteroatoms. The van der Waals surface area contributed by atoms with Gasteiger partial charge in [0.15, 0.2) is 0 Å². The summed E-state index contributed by atoms with van der Waals surface area (Å²) in [5, 5.41) is 0. The van der Waals surface area contributed by atoms with Gasteiger partial charge < -0.3 is 14.5 Å². The third-order valence-electron chi connectivity index (χ3n) is 6.72. The minimum Gasteiger partial charge on any atom is -0.493 e. The zero-order valence-electron chi connectivity index (χ0n) is 22.8. The number of fused-ring (bicyclic) bond motifs is 1. The summed E-state index contributed by atoms with van der Waals surface area (Å²) in [6, 6.07) is 9.69. The van der Waals surface area contributed by atoms with Gasteiger partial charge in [-0.2, -0.15) is 0 Å². The van der Waals surface area contributed by atoms with E-state index < -0.39 is 5.41 Å². The second kappa shape index (κ2) is 14.6. The van der Waals surface area contributed by atoms with Crippen LogP contribution in [0.1, 0.15) is 37.6 Å². The molecule has 39 heavy (non-hydrogen) atoms. The van der Waals surface area contributed by atoms with E-state index in [4.69, 9.17) is 4.74 Å². The number of carbonyl (C=O) groups excluding carboxylic acids is 2. The topological polar surface area (TPSA) is 78.9 Å². The molecule has 1 aliphatic rings. The number of ether oxygens (including phenoxy) is 1. The third kappa shape index (κ3) is 7.69. The Morgan fingerprint density at radius 3 is 2.49 bits per heavy atom. The summed E-state index contributed by atoms with van der Waals surface area (Å²) in [5.41, 5.74) is 3.38. The Hall–Kier alpha value is -2.72. The van der Waals surface area contributed by atoms with Gasteiger partial charge >= 0.3 is 0 Å². The van der Waals surface area contributed by atoms with Gasteiger partial charge in [-0.1, -0.05) is 6.07 Å². The lowest BCUT2D eigenvalue weighted by atomic mass is 9.90. The van der Waals surface area contributed by atoms with E-state index in [0.29, 0.717) is 24.6 Å². The fourth-order valence-corrected chi connectivity index (χ4v) is 5.23. The molecule has 0 bridgehead atoms. The van der Waals surface area contributed by atoms with Crippen molar-refractivity contribution in [1.82, 2.24) is 14.9 Å². The highest BCUT2D eigenvalue weighted by Crippen LogP contribution is 2.40. The van der Waals surface area contributed by atoms with Crippen molar-refractivity contribution in [2.75, 3.05) is 43.1 Å². The van der Waals surface area contributed by atoms with Crippen LogP contribution in [0.25, 0.3) is 0 Å². The van der Waals surface area contributed by atoms with Gasteiger partial charge in [0, 0.05) is 62.8 Å². The summed E-state index contributed by atoms with van der Waals surface area (Å²) >= 11 is 1.67. The lowest BCUT2D eigenvalue weighted by molar-refractivity contribution is -0.137. The van der Waals surface area contributed by atoms with Crippen molar-refractivity contribution >= 4 is 59.3 Å².